The Morgan fingerprint density at radius 2 is 1.93 bits per heavy atom. The highest BCUT2D eigenvalue weighted by molar-refractivity contribution is 5.91. The van der Waals surface area contributed by atoms with Gasteiger partial charge in [-0.15, -0.1) is 0 Å². The molecule has 4 rings (SSSR count). The van der Waals surface area contributed by atoms with Gasteiger partial charge in [-0.25, -0.2) is 9.97 Å². The molecule has 0 aliphatic carbocycles. The van der Waals surface area contributed by atoms with Crippen LogP contribution in [-0.2, 0) is 0 Å². The highest BCUT2D eigenvalue weighted by Crippen LogP contribution is 2.34. The molecule has 0 aliphatic rings. The Bertz CT molecular complexity index is 1170. The van der Waals surface area contributed by atoms with E-state index >= 15 is 0 Å². The van der Waals surface area contributed by atoms with E-state index in [4.69, 9.17) is 9.15 Å². The van der Waals surface area contributed by atoms with Gasteiger partial charge in [0.15, 0.2) is 11.5 Å². The molecule has 0 saturated carbocycles. The number of anilines is 2. The molecule has 0 aliphatic heterocycles. The van der Waals surface area contributed by atoms with E-state index in [2.05, 4.69) is 15.3 Å². The van der Waals surface area contributed by atoms with Crippen molar-refractivity contribution >= 4 is 28.3 Å². The van der Waals surface area contributed by atoms with Crippen molar-refractivity contribution in [3.63, 3.8) is 0 Å². The molecule has 2 aromatic carbocycles. The Morgan fingerprint density at radius 3 is 2.61 bits per heavy atom. The van der Waals surface area contributed by atoms with Crippen LogP contribution in [0.25, 0.3) is 22.4 Å². The number of benzene rings is 2. The lowest BCUT2D eigenvalue weighted by atomic mass is 10.1. The number of non-ortho nitro benzene ring substituents is 1. The highest BCUT2D eigenvalue weighted by atomic mass is 16.6. The third-order valence-electron chi connectivity index (χ3n) is 4.13. The number of hydrogen-bond acceptors (Lipinski definition) is 8. The molecule has 0 spiro atoms. The number of furan rings is 1. The van der Waals surface area contributed by atoms with Crippen LogP contribution in [0.1, 0.15) is 0 Å². The first-order valence-electron chi connectivity index (χ1n) is 8.18. The Labute approximate surface area is 158 Å². The van der Waals surface area contributed by atoms with Crippen molar-refractivity contribution in [1.29, 1.82) is 0 Å². The molecule has 0 bridgehead atoms. The molecule has 0 fully saturated rings. The van der Waals surface area contributed by atoms with Crippen LogP contribution in [-0.4, -0.2) is 27.1 Å². The zero-order chi connectivity index (χ0) is 19.7. The highest BCUT2D eigenvalue weighted by Gasteiger charge is 2.14. The van der Waals surface area contributed by atoms with Gasteiger partial charge in [-0.2, -0.15) is 0 Å². The third kappa shape index (κ3) is 3.16. The van der Waals surface area contributed by atoms with Crippen molar-refractivity contribution in [2.45, 2.75) is 0 Å². The number of fused-ring (bicyclic) bond motifs is 1. The minimum absolute atomic E-state index is 0.00122. The summed E-state index contributed by atoms with van der Waals surface area (Å²) in [6, 6.07) is 12.7. The lowest BCUT2D eigenvalue weighted by Gasteiger charge is -2.08. The van der Waals surface area contributed by atoms with Gasteiger partial charge in [0.25, 0.3) is 5.69 Å². The minimum atomic E-state index is -0.458. The second-order valence-corrected chi connectivity index (χ2v) is 5.87. The monoisotopic (exact) mass is 378 g/mol. The summed E-state index contributed by atoms with van der Waals surface area (Å²) in [7, 11) is 1.47. The molecule has 2 heterocycles. The van der Waals surface area contributed by atoms with Gasteiger partial charge in [0.2, 0.25) is 5.71 Å². The summed E-state index contributed by atoms with van der Waals surface area (Å²) in [6.07, 6.45) is 1.36. The standard InChI is InChI=1S/C19H14N4O5/c1-27-16-7-4-12(8-15(16)24)22-18-14-9-17(28-19(14)21-10-20-18)11-2-5-13(6-3-11)23(25)26/h2-10,24H,1H3,(H,20,21,22). The maximum Gasteiger partial charge on any atom is 0.269 e. The van der Waals surface area contributed by atoms with Gasteiger partial charge in [-0.1, -0.05) is 0 Å². The summed E-state index contributed by atoms with van der Waals surface area (Å²) >= 11 is 0. The largest absolute Gasteiger partial charge is 0.504 e. The Kier molecular flexibility index (Phi) is 4.24. The number of aromatic nitrogens is 2. The molecule has 140 valence electrons. The fourth-order valence-electron chi connectivity index (χ4n) is 2.75. The molecule has 0 unspecified atom stereocenters. The summed E-state index contributed by atoms with van der Waals surface area (Å²) in [5.41, 5.74) is 1.65. The molecule has 2 aromatic heterocycles. The molecule has 0 radical (unpaired) electrons. The molecule has 0 saturated heterocycles. The summed E-state index contributed by atoms with van der Waals surface area (Å²) in [5, 5.41) is 24.5. The average Bonchev–Trinajstić information content (AvgIpc) is 3.14. The molecule has 9 nitrogen and oxygen atoms in total. The van der Waals surface area contributed by atoms with Crippen LogP contribution in [0.3, 0.4) is 0 Å². The number of aromatic hydroxyl groups is 1. The predicted octanol–water partition coefficient (Wildman–Crippen LogP) is 4.26. The molecular weight excluding hydrogens is 364 g/mol. The van der Waals surface area contributed by atoms with Gasteiger partial charge in [-0.3, -0.25) is 10.1 Å². The summed E-state index contributed by atoms with van der Waals surface area (Å²) in [5.74, 6) is 1.36. The molecule has 0 atom stereocenters. The maximum atomic E-state index is 10.8. The summed E-state index contributed by atoms with van der Waals surface area (Å²) < 4.78 is 10.8. The van der Waals surface area contributed by atoms with Gasteiger partial charge in [0.05, 0.1) is 17.4 Å². The van der Waals surface area contributed by atoms with E-state index in [0.29, 0.717) is 39.7 Å². The lowest BCUT2D eigenvalue weighted by molar-refractivity contribution is -0.384. The number of nitro benzene ring substituents is 1. The van der Waals surface area contributed by atoms with Gasteiger partial charge >= 0.3 is 0 Å². The van der Waals surface area contributed by atoms with Crippen molar-refractivity contribution < 1.29 is 19.2 Å². The van der Waals surface area contributed by atoms with Crippen molar-refractivity contribution in [2.24, 2.45) is 0 Å². The number of phenolic OH excluding ortho intramolecular Hbond substituents is 1. The van der Waals surface area contributed by atoms with E-state index in [1.54, 1.807) is 30.3 Å². The minimum Gasteiger partial charge on any atom is -0.504 e. The van der Waals surface area contributed by atoms with E-state index in [1.165, 1.54) is 31.6 Å². The van der Waals surface area contributed by atoms with Crippen LogP contribution >= 0.6 is 0 Å². The molecule has 28 heavy (non-hydrogen) atoms. The van der Waals surface area contributed by atoms with Crippen molar-refractivity contribution in [3.8, 4) is 22.8 Å². The van der Waals surface area contributed by atoms with E-state index in [9.17, 15) is 15.2 Å². The van der Waals surface area contributed by atoms with Crippen LogP contribution in [0.4, 0.5) is 17.2 Å². The first-order valence-corrected chi connectivity index (χ1v) is 8.18. The summed E-state index contributed by atoms with van der Waals surface area (Å²) in [4.78, 5) is 18.7. The van der Waals surface area contributed by atoms with Gasteiger partial charge in [-0.05, 0) is 30.3 Å². The Balaban J connectivity index is 1.69. The Hall–Kier alpha value is -4.14. The molecule has 0 amide bonds. The van der Waals surface area contributed by atoms with Crippen molar-refractivity contribution in [3.05, 3.63) is 65.0 Å². The molecule has 9 heteroatoms. The zero-order valence-electron chi connectivity index (χ0n) is 14.6. The van der Waals surface area contributed by atoms with Gasteiger partial charge in [0, 0.05) is 29.4 Å². The topological polar surface area (TPSA) is 124 Å². The molecule has 2 N–H and O–H groups in total. The second-order valence-electron chi connectivity index (χ2n) is 5.87. The Morgan fingerprint density at radius 1 is 1.14 bits per heavy atom. The first-order chi connectivity index (χ1) is 13.5. The number of nitrogens with zero attached hydrogens (tertiary/aromatic N) is 3. The van der Waals surface area contributed by atoms with Crippen LogP contribution in [0.2, 0.25) is 0 Å². The fraction of sp³-hybridized carbons (Fsp3) is 0.0526. The lowest BCUT2D eigenvalue weighted by Crippen LogP contribution is -1.95. The van der Waals surface area contributed by atoms with E-state index < -0.39 is 4.92 Å². The van der Waals surface area contributed by atoms with Gasteiger partial charge in [0.1, 0.15) is 17.9 Å². The van der Waals surface area contributed by atoms with E-state index in [1.807, 2.05) is 0 Å². The fourth-order valence-corrected chi connectivity index (χ4v) is 2.75. The number of nitrogens with one attached hydrogen (secondary N) is 1. The number of ether oxygens (including phenoxy) is 1. The van der Waals surface area contributed by atoms with Crippen LogP contribution in [0.5, 0.6) is 11.5 Å². The van der Waals surface area contributed by atoms with Crippen molar-refractivity contribution in [1.82, 2.24) is 9.97 Å². The zero-order valence-corrected chi connectivity index (χ0v) is 14.6. The number of hydrogen-bond donors (Lipinski definition) is 2. The predicted molar refractivity (Wildman–Crippen MR) is 102 cm³/mol. The summed E-state index contributed by atoms with van der Waals surface area (Å²) in [6.45, 7) is 0. The number of nitro groups is 1. The van der Waals surface area contributed by atoms with E-state index in [0.717, 1.165) is 0 Å². The number of rotatable bonds is 5. The van der Waals surface area contributed by atoms with Gasteiger partial charge < -0.3 is 19.6 Å². The van der Waals surface area contributed by atoms with Crippen LogP contribution < -0.4 is 10.1 Å². The normalized spacial score (nSPS) is 10.8. The number of phenols is 1. The van der Waals surface area contributed by atoms with Crippen LogP contribution in [0, 0.1) is 10.1 Å². The average molecular weight is 378 g/mol. The first kappa shape index (κ1) is 17.3. The smallest absolute Gasteiger partial charge is 0.269 e. The third-order valence-corrected chi connectivity index (χ3v) is 4.13. The van der Waals surface area contributed by atoms with Crippen molar-refractivity contribution in [2.75, 3.05) is 12.4 Å². The van der Waals surface area contributed by atoms with E-state index in [-0.39, 0.29) is 11.4 Å². The number of methoxy groups -OCH3 is 1. The quantitative estimate of drug-likeness (QED) is 0.390. The SMILES string of the molecule is COc1ccc(Nc2ncnc3oc(-c4ccc([N+](=O)[O-])cc4)cc23)cc1O. The molecule has 4 aromatic rings. The maximum absolute atomic E-state index is 10.8. The second kappa shape index (κ2) is 6.88. The van der Waals surface area contributed by atoms with Crippen LogP contribution in [0.15, 0.2) is 59.3 Å². The molecular formula is C19H14N4O5.